The van der Waals surface area contributed by atoms with Crippen LogP contribution in [0.5, 0.6) is 5.75 Å². The highest BCUT2D eigenvalue weighted by Gasteiger charge is 2.29. The summed E-state index contributed by atoms with van der Waals surface area (Å²) >= 11 is 0. The minimum absolute atomic E-state index is 0.0638. The second kappa shape index (κ2) is 10.4. The lowest BCUT2D eigenvalue weighted by atomic mass is 10.2. The van der Waals surface area contributed by atoms with Crippen LogP contribution >= 0.6 is 0 Å². The van der Waals surface area contributed by atoms with Crippen LogP contribution < -0.4 is 10.1 Å². The van der Waals surface area contributed by atoms with E-state index >= 15 is 0 Å². The van der Waals surface area contributed by atoms with Crippen molar-refractivity contribution >= 4 is 21.6 Å². The van der Waals surface area contributed by atoms with Gasteiger partial charge in [-0.25, -0.2) is 18.1 Å². The fraction of sp³-hybridized carbons (Fsp3) is 0.375. The molecular weight excluding hydrogens is 454 g/mol. The number of aromatic nitrogens is 3. The number of rotatable bonds is 8. The maximum atomic E-state index is 13.4. The van der Waals surface area contributed by atoms with E-state index in [0.29, 0.717) is 48.9 Å². The van der Waals surface area contributed by atoms with Crippen molar-refractivity contribution in [2.24, 2.45) is 0 Å². The molecule has 0 spiro atoms. The van der Waals surface area contributed by atoms with Crippen LogP contribution in [0.3, 0.4) is 0 Å². The van der Waals surface area contributed by atoms with Crippen molar-refractivity contribution in [1.82, 2.24) is 19.1 Å². The van der Waals surface area contributed by atoms with E-state index in [-0.39, 0.29) is 16.6 Å². The molecule has 9 nitrogen and oxygen atoms in total. The van der Waals surface area contributed by atoms with Crippen LogP contribution in [0.15, 0.2) is 53.7 Å². The van der Waals surface area contributed by atoms with Crippen LogP contribution in [0.25, 0.3) is 5.82 Å². The van der Waals surface area contributed by atoms with Crippen molar-refractivity contribution in [1.29, 1.82) is 0 Å². The van der Waals surface area contributed by atoms with Gasteiger partial charge in [-0.1, -0.05) is 19.4 Å². The van der Waals surface area contributed by atoms with Crippen molar-refractivity contribution in [2.45, 2.75) is 44.4 Å². The van der Waals surface area contributed by atoms with Crippen molar-refractivity contribution in [3.05, 3.63) is 60.0 Å². The molecule has 0 unspecified atom stereocenters. The number of carbonyl (C=O) groups is 1. The first-order chi connectivity index (χ1) is 16.5. The minimum Gasteiger partial charge on any atom is -0.492 e. The molecule has 4 rings (SSSR count). The normalized spacial score (nSPS) is 14.6. The molecule has 34 heavy (non-hydrogen) atoms. The molecule has 180 valence electrons. The van der Waals surface area contributed by atoms with Gasteiger partial charge >= 0.3 is 0 Å². The van der Waals surface area contributed by atoms with E-state index in [0.717, 1.165) is 19.3 Å². The topological polar surface area (TPSA) is 106 Å². The summed E-state index contributed by atoms with van der Waals surface area (Å²) < 4.78 is 35.5. The summed E-state index contributed by atoms with van der Waals surface area (Å²) in [4.78, 5) is 17.5. The van der Waals surface area contributed by atoms with Crippen LogP contribution in [0.2, 0.25) is 0 Å². The number of nitrogens with one attached hydrogen (secondary N) is 1. The Morgan fingerprint density at radius 3 is 2.59 bits per heavy atom. The molecule has 0 saturated carbocycles. The number of nitrogens with zero attached hydrogens (tertiary/aromatic N) is 4. The number of anilines is 1. The predicted molar refractivity (Wildman–Crippen MR) is 129 cm³/mol. The second-order valence-corrected chi connectivity index (χ2v) is 9.88. The van der Waals surface area contributed by atoms with Crippen molar-refractivity contribution < 1.29 is 17.9 Å². The van der Waals surface area contributed by atoms with E-state index in [1.807, 2.05) is 25.1 Å². The molecule has 1 N–H and O–H groups in total. The summed E-state index contributed by atoms with van der Waals surface area (Å²) in [7, 11) is -3.75. The molecule has 0 bridgehead atoms. The zero-order valence-corrected chi connectivity index (χ0v) is 20.2. The first-order valence-corrected chi connectivity index (χ1v) is 13.0. The average molecular weight is 484 g/mol. The maximum Gasteiger partial charge on any atom is 0.259 e. The van der Waals surface area contributed by atoms with Crippen LogP contribution in [-0.2, 0) is 16.4 Å². The summed E-state index contributed by atoms with van der Waals surface area (Å²) in [6.07, 6.45) is 6.42. The number of carbonyl (C=O) groups excluding carboxylic acids is 1. The van der Waals surface area contributed by atoms with Gasteiger partial charge in [0.15, 0.2) is 5.82 Å². The lowest BCUT2D eigenvalue weighted by Crippen LogP contribution is -2.35. The van der Waals surface area contributed by atoms with Gasteiger partial charge in [0.25, 0.3) is 5.91 Å². The summed E-state index contributed by atoms with van der Waals surface area (Å²) in [5.74, 6) is 0.530. The second-order valence-electron chi connectivity index (χ2n) is 7.97. The summed E-state index contributed by atoms with van der Waals surface area (Å²) in [6.45, 7) is 5.04. The molecule has 1 fully saturated rings. The van der Waals surface area contributed by atoms with Crippen LogP contribution in [0.4, 0.5) is 5.69 Å². The molecule has 0 radical (unpaired) electrons. The quantitative estimate of drug-likeness (QED) is 0.524. The highest BCUT2D eigenvalue weighted by molar-refractivity contribution is 7.89. The number of hydrogen-bond acceptors (Lipinski definition) is 6. The Balaban J connectivity index is 1.64. The van der Waals surface area contributed by atoms with Crippen LogP contribution in [0.1, 0.15) is 49.2 Å². The van der Waals surface area contributed by atoms with E-state index in [2.05, 4.69) is 15.4 Å². The summed E-state index contributed by atoms with van der Waals surface area (Å²) in [5.41, 5.74) is 1.49. The lowest BCUT2D eigenvalue weighted by molar-refractivity contribution is 0.102. The number of hydrogen-bond donors (Lipinski definition) is 1. The lowest BCUT2D eigenvalue weighted by Gasteiger charge is -2.27. The van der Waals surface area contributed by atoms with E-state index in [9.17, 15) is 13.2 Å². The monoisotopic (exact) mass is 483 g/mol. The number of benzene rings is 1. The maximum absolute atomic E-state index is 13.4. The Labute approximate surface area is 199 Å². The standard InChI is InChI=1S/C24H29N5O4S/c1-3-20-19(17-26-29(20)23-10-6-7-13-25-23)24(30)27-18-11-12-21(33-4-2)22(16-18)34(31,32)28-14-8-5-9-15-28/h6-7,10-13,16-17H,3-5,8-9,14-15H2,1-2H3,(H,27,30). The molecule has 1 saturated heterocycles. The van der Waals surface area contributed by atoms with E-state index in [1.54, 1.807) is 29.9 Å². The van der Waals surface area contributed by atoms with Gasteiger partial charge in [0.1, 0.15) is 10.6 Å². The van der Waals surface area contributed by atoms with Crippen molar-refractivity contribution in [3.63, 3.8) is 0 Å². The zero-order chi connectivity index (χ0) is 24.1. The molecule has 1 aliphatic rings. The SMILES string of the molecule is CCOc1ccc(NC(=O)c2cnn(-c3ccccn3)c2CC)cc1S(=O)(=O)N1CCCCC1. The number of piperidine rings is 1. The Kier molecular flexibility index (Phi) is 7.28. The van der Waals surface area contributed by atoms with Crippen molar-refractivity contribution in [2.75, 3.05) is 25.0 Å². The number of ether oxygens (including phenoxy) is 1. The third kappa shape index (κ3) is 4.83. The first kappa shape index (κ1) is 23.9. The Bertz CT molecular complexity index is 1250. The molecule has 0 atom stereocenters. The molecule has 10 heteroatoms. The van der Waals surface area contributed by atoms with Gasteiger partial charge in [-0.2, -0.15) is 9.40 Å². The third-order valence-electron chi connectivity index (χ3n) is 5.75. The molecular formula is C24H29N5O4S. The number of amides is 1. The summed E-state index contributed by atoms with van der Waals surface area (Å²) in [5, 5.41) is 7.18. The average Bonchev–Trinajstić information content (AvgIpc) is 3.30. The predicted octanol–water partition coefficient (Wildman–Crippen LogP) is 3.66. The Hall–Kier alpha value is -3.24. The molecule has 1 amide bonds. The molecule has 1 aliphatic heterocycles. The van der Waals surface area contributed by atoms with Gasteiger partial charge < -0.3 is 10.1 Å². The molecule has 3 heterocycles. The van der Waals surface area contributed by atoms with E-state index in [1.165, 1.54) is 16.6 Å². The molecule has 0 aliphatic carbocycles. The third-order valence-corrected chi connectivity index (χ3v) is 7.67. The number of sulfonamides is 1. The zero-order valence-electron chi connectivity index (χ0n) is 19.4. The fourth-order valence-electron chi connectivity index (χ4n) is 4.09. The summed E-state index contributed by atoms with van der Waals surface area (Å²) in [6, 6.07) is 10.2. The van der Waals surface area contributed by atoms with Gasteiger partial charge in [0.2, 0.25) is 10.0 Å². The minimum atomic E-state index is -3.75. The Morgan fingerprint density at radius 2 is 1.91 bits per heavy atom. The molecule has 1 aromatic carbocycles. The largest absolute Gasteiger partial charge is 0.492 e. The highest BCUT2D eigenvalue weighted by atomic mass is 32.2. The molecule has 3 aromatic rings. The molecule has 2 aromatic heterocycles. The van der Waals surface area contributed by atoms with E-state index < -0.39 is 10.0 Å². The van der Waals surface area contributed by atoms with Gasteiger partial charge in [-0.05, 0) is 56.5 Å². The van der Waals surface area contributed by atoms with Crippen LogP contribution in [0, 0.1) is 0 Å². The van der Waals surface area contributed by atoms with Gasteiger partial charge in [0, 0.05) is 25.0 Å². The van der Waals surface area contributed by atoms with Gasteiger partial charge in [-0.3, -0.25) is 4.79 Å². The smallest absolute Gasteiger partial charge is 0.259 e. The highest BCUT2D eigenvalue weighted by Crippen LogP contribution is 2.31. The van der Waals surface area contributed by atoms with Gasteiger partial charge in [0.05, 0.1) is 24.1 Å². The van der Waals surface area contributed by atoms with E-state index in [4.69, 9.17) is 4.74 Å². The first-order valence-electron chi connectivity index (χ1n) is 11.5. The van der Waals surface area contributed by atoms with Gasteiger partial charge in [-0.15, -0.1) is 0 Å². The van der Waals surface area contributed by atoms with Crippen LogP contribution in [-0.4, -0.2) is 53.1 Å². The fourth-order valence-corrected chi connectivity index (χ4v) is 5.76. The Morgan fingerprint density at radius 1 is 1.12 bits per heavy atom. The van der Waals surface area contributed by atoms with Crippen molar-refractivity contribution in [3.8, 4) is 11.6 Å². The number of pyridine rings is 1.